The Morgan fingerprint density at radius 2 is 1.78 bits per heavy atom. The summed E-state index contributed by atoms with van der Waals surface area (Å²) in [5.41, 5.74) is 0.658. The maximum absolute atomic E-state index is 13.2. The van der Waals surface area contributed by atoms with Crippen LogP contribution in [0.3, 0.4) is 0 Å². The van der Waals surface area contributed by atoms with Gasteiger partial charge in [-0.2, -0.15) is 0 Å². The van der Waals surface area contributed by atoms with Crippen LogP contribution in [0.4, 0.5) is 4.39 Å². The molecular weight excluding hydrogens is 299 g/mol. The first-order valence-corrected chi connectivity index (χ1v) is 7.44. The number of hydrogen-bond acceptors (Lipinski definition) is 3. The number of hydrogen-bond donors (Lipinski definition) is 1. The van der Waals surface area contributed by atoms with Gasteiger partial charge in [0.15, 0.2) is 0 Å². The van der Waals surface area contributed by atoms with E-state index in [1.165, 1.54) is 6.07 Å². The lowest BCUT2D eigenvalue weighted by Crippen LogP contribution is -2.08. The lowest BCUT2D eigenvalue weighted by molar-refractivity contribution is 0.0690. The molecule has 124 valence electrons. The molecule has 2 aromatic rings. The standard InChI is InChI=1S/C16H15FO4.C2H6/c17-15-7-6-13(10-14(15)16(18)19)21-9-8-20-11-12-4-2-1-3-5-12;1-2/h1-7,10H,8-9,11H2,(H,18,19);1-2H3. The second kappa shape index (κ2) is 10.3. The minimum atomic E-state index is -1.32. The van der Waals surface area contributed by atoms with E-state index in [4.69, 9.17) is 14.6 Å². The van der Waals surface area contributed by atoms with E-state index in [-0.39, 0.29) is 6.61 Å². The van der Waals surface area contributed by atoms with Crippen molar-refractivity contribution < 1.29 is 23.8 Å². The van der Waals surface area contributed by atoms with E-state index < -0.39 is 17.3 Å². The second-order valence-corrected chi connectivity index (χ2v) is 4.33. The van der Waals surface area contributed by atoms with E-state index in [2.05, 4.69) is 0 Å². The minimum absolute atomic E-state index is 0.261. The molecule has 0 amide bonds. The number of halogens is 1. The van der Waals surface area contributed by atoms with Gasteiger partial charge in [0.05, 0.1) is 18.8 Å². The summed E-state index contributed by atoms with van der Waals surface area (Å²) in [5.74, 6) is -1.80. The molecule has 4 nitrogen and oxygen atoms in total. The fraction of sp³-hybridized carbons (Fsp3) is 0.278. The van der Waals surface area contributed by atoms with Crippen LogP contribution < -0.4 is 4.74 Å². The molecule has 0 aliphatic rings. The van der Waals surface area contributed by atoms with Crippen LogP contribution in [0.2, 0.25) is 0 Å². The molecule has 0 aromatic heterocycles. The van der Waals surface area contributed by atoms with Crippen molar-refractivity contribution in [2.75, 3.05) is 13.2 Å². The van der Waals surface area contributed by atoms with Crippen molar-refractivity contribution in [3.05, 3.63) is 65.5 Å². The van der Waals surface area contributed by atoms with Crippen molar-refractivity contribution in [1.29, 1.82) is 0 Å². The Hall–Kier alpha value is -2.40. The first kappa shape index (κ1) is 18.6. The van der Waals surface area contributed by atoms with Gasteiger partial charge in [0.1, 0.15) is 18.2 Å². The van der Waals surface area contributed by atoms with Crippen molar-refractivity contribution in [2.24, 2.45) is 0 Å². The van der Waals surface area contributed by atoms with Crippen molar-refractivity contribution in [1.82, 2.24) is 0 Å². The summed E-state index contributed by atoms with van der Waals surface area (Å²) in [6, 6.07) is 13.3. The van der Waals surface area contributed by atoms with Gasteiger partial charge in [0.2, 0.25) is 0 Å². The van der Waals surface area contributed by atoms with Crippen LogP contribution in [-0.2, 0) is 11.3 Å². The van der Waals surface area contributed by atoms with Gasteiger partial charge in [-0.3, -0.25) is 0 Å². The Bertz CT molecular complexity index is 599. The van der Waals surface area contributed by atoms with Gasteiger partial charge in [-0.05, 0) is 23.8 Å². The van der Waals surface area contributed by atoms with E-state index in [1.807, 2.05) is 44.2 Å². The van der Waals surface area contributed by atoms with Crippen molar-refractivity contribution in [3.8, 4) is 5.75 Å². The lowest BCUT2D eigenvalue weighted by Gasteiger charge is -2.08. The maximum atomic E-state index is 13.2. The molecule has 0 saturated heterocycles. The number of carboxylic acids is 1. The van der Waals surface area contributed by atoms with Crippen molar-refractivity contribution >= 4 is 5.97 Å². The lowest BCUT2D eigenvalue weighted by atomic mass is 10.2. The number of ether oxygens (including phenoxy) is 2. The molecule has 2 aromatic carbocycles. The first-order valence-electron chi connectivity index (χ1n) is 7.44. The number of benzene rings is 2. The average molecular weight is 320 g/mol. The average Bonchev–Trinajstić information content (AvgIpc) is 2.58. The molecule has 2 rings (SSSR count). The van der Waals surface area contributed by atoms with E-state index in [0.29, 0.717) is 19.0 Å². The molecule has 0 spiro atoms. The topological polar surface area (TPSA) is 55.8 Å². The Kier molecular flexibility index (Phi) is 8.39. The summed E-state index contributed by atoms with van der Waals surface area (Å²) in [4.78, 5) is 10.8. The molecule has 0 saturated carbocycles. The Balaban J connectivity index is 0.00000127. The highest BCUT2D eigenvalue weighted by molar-refractivity contribution is 5.88. The van der Waals surface area contributed by atoms with E-state index in [9.17, 15) is 9.18 Å². The van der Waals surface area contributed by atoms with E-state index >= 15 is 0 Å². The zero-order valence-electron chi connectivity index (χ0n) is 13.3. The molecule has 0 atom stereocenters. The van der Waals surface area contributed by atoms with Gasteiger partial charge in [-0.15, -0.1) is 0 Å². The fourth-order valence-corrected chi connectivity index (χ4v) is 1.74. The predicted molar refractivity (Wildman–Crippen MR) is 86.3 cm³/mol. The van der Waals surface area contributed by atoms with Gasteiger partial charge >= 0.3 is 5.97 Å². The zero-order valence-corrected chi connectivity index (χ0v) is 13.3. The predicted octanol–water partition coefficient (Wildman–Crippen LogP) is 4.15. The van der Waals surface area contributed by atoms with E-state index in [0.717, 1.165) is 17.7 Å². The molecule has 0 fully saturated rings. The number of carbonyl (C=O) groups is 1. The van der Waals surface area contributed by atoms with Crippen LogP contribution in [0.5, 0.6) is 5.75 Å². The molecule has 0 aliphatic heterocycles. The summed E-state index contributed by atoms with van der Waals surface area (Å²) in [6.45, 7) is 5.10. The Morgan fingerprint density at radius 3 is 2.43 bits per heavy atom. The van der Waals surface area contributed by atoms with Crippen LogP contribution in [0.1, 0.15) is 29.8 Å². The molecule has 5 heteroatoms. The quantitative estimate of drug-likeness (QED) is 0.779. The van der Waals surface area contributed by atoms with Gasteiger partial charge in [0.25, 0.3) is 0 Å². The molecular formula is C18H21FO4. The summed E-state index contributed by atoms with van der Waals surface area (Å²) in [7, 11) is 0. The molecule has 23 heavy (non-hydrogen) atoms. The number of rotatable bonds is 7. The highest BCUT2D eigenvalue weighted by Gasteiger charge is 2.11. The summed E-state index contributed by atoms with van der Waals surface area (Å²) in [6.07, 6.45) is 0. The SMILES string of the molecule is CC.O=C(O)c1cc(OCCOCc2ccccc2)ccc1F. The molecule has 0 heterocycles. The third kappa shape index (κ3) is 6.48. The highest BCUT2D eigenvalue weighted by atomic mass is 19.1. The Labute approximate surface area is 135 Å². The van der Waals surface area contributed by atoms with Gasteiger partial charge in [-0.1, -0.05) is 44.2 Å². The second-order valence-electron chi connectivity index (χ2n) is 4.33. The fourth-order valence-electron chi connectivity index (χ4n) is 1.74. The van der Waals surface area contributed by atoms with Crippen LogP contribution in [0, 0.1) is 5.82 Å². The molecule has 0 bridgehead atoms. The molecule has 0 unspecified atom stereocenters. The first-order chi connectivity index (χ1) is 11.2. The third-order valence-corrected chi connectivity index (χ3v) is 2.78. The van der Waals surface area contributed by atoms with Gasteiger partial charge in [-0.25, -0.2) is 9.18 Å². The molecule has 0 aliphatic carbocycles. The monoisotopic (exact) mass is 320 g/mol. The van der Waals surface area contributed by atoms with Crippen LogP contribution in [0.25, 0.3) is 0 Å². The van der Waals surface area contributed by atoms with Gasteiger partial charge in [0, 0.05) is 0 Å². The van der Waals surface area contributed by atoms with Crippen LogP contribution in [0.15, 0.2) is 48.5 Å². The molecule has 1 N–H and O–H groups in total. The third-order valence-electron chi connectivity index (χ3n) is 2.78. The van der Waals surface area contributed by atoms with Crippen LogP contribution in [-0.4, -0.2) is 24.3 Å². The smallest absolute Gasteiger partial charge is 0.338 e. The van der Waals surface area contributed by atoms with Crippen molar-refractivity contribution in [2.45, 2.75) is 20.5 Å². The summed E-state index contributed by atoms with van der Waals surface area (Å²) in [5, 5.41) is 8.81. The highest BCUT2D eigenvalue weighted by Crippen LogP contribution is 2.16. The van der Waals surface area contributed by atoms with Gasteiger partial charge < -0.3 is 14.6 Å². The number of carboxylic acid groups (broad SMARTS) is 1. The van der Waals surface area contributed by atoms with E-state index in [1.54, 1.807) is 0 Å². The largest absolute Gasteiger partial charge is 0.491 e. The summed E-state index contributed by atoms with van der Waals surface area (Å²) >= 11 is 0. The normalized spacial score (nSPS) is 9.70. The molecule has 0 radical (unpaired) electrons. The summed E-state index contributed by atoms with van der Waals surface area (Å²) < 4.78 is 24.0. The zero-order chi connectivity index (χ0) is 17.1. The van der Waals surface area contributed by atoms with Crippen molar-refractivity contribution in [3.63, 3.8) is 0 Å². The minimum Gasteiger partial charge on any atom is -0.491 e. The van der Waals surface area contributed by atoms with Crippen LogP contribution >= 0.6 is 0 Å². The Morgan fingerprint density at radius 1 is 1.09 bits per heavy atom. The number of aromatic carboxylic acids is 1. The maximum Gasteiger partial charge on any atom is 0.338 e.